The summed E-state index contributed by atoms with van der Waals surface area (Å²) in [5.41, 5.74) is 0.362. The first kappa shape index (κ1) is 42.8. The smallest absolute Gasteiger partial charge is 0.407 e. The van der Waals surface area contributed by atoms with Crippen molar-refractivity contribution in [2.75, 3.05) is 65.1 Å². The van der Waals surface area contributed by atoms with Gasteiger partial charge in [-0.15, -0.1) is 0 Å². The molecule has 3 heterocycles. The second kappa shape index (κ2) is 19.8. The topological polar surface area (TPSA) is 149 Å². The third kappa shape index (κ3) is 11.5. The minimum atomic E-state index is -0.712. The van der Waals surface area contributed by atoms with Crippen molar-refractivity contribution in [3.63, 3.8) is 0 Å². The summed E-state index contributed by atoms with van der Waals surface area (Å²) in [4.78, 5) is 58.0. The molecular weight excluding hydrogens is 735 g/mol. The van der Waals surface area contributed by atoms with E-state index in [1.165, 1.54) is 0 Å². The summed E-state index contributed by atoms with van der Waals surface area (Å²) in [6.07, 6.45) is 7.99. The largest absolute Gasteiger partial charge is 0.460 e. The Hall–Kier alpha value is -3.75. The molecule has 14 heteroatoms. The third-order valence-electron chi connectivity index (χ3n) is 12.4. The Labute approximate surface area is 336 Å². The lowest BCUT2D eigenvalue weighted by atomic mass is 9.75. The van der Waals surface area contributed by atoms with Crippen molar-refractivity contribution >= 4 is 40.5 Å². The van der Waals surface area contributed by atoms with Crippen molar-refractivity contribution in [1.82, 2.24) is 15.1 Å². The number of esters is 1. The van der Waals surface area contributed by atoms with Gasteiger partial charge >= 0.3 is 12.1 Å². The van der Waals surface area contributed by atoms with Gasteiger partial charge in [0.1, 0.15) is 23.9 Å². The maximum atomic E-state index is 14.4. The van der Waals surface area contributed by atoms with Crippen LogP contribution in [0, 0.1) is 23.7 Å². The van der Waals surface area contributed by atoms with Crippen molar-refractivity contribution in [3.8, 4) is 0 Å². The number of unbranched alkanes of at least 4 members (excludes halogenated alkanes) is 1. The lowest BCUT2D eigenvalue weighted by Crippen LogP contribution is -2.50. The van der Waals surface area contributed by atoms with Gasteiger partial charge in [0, 0.05) is 43.7 Å². The molecule has 2 saturated heterocycles. The number of fused-ring (bicyclic) bond motifs is 1. The van der Waals surface area contributed by atoms with Crippen molar-refractivity contribution < 1.29 is 46.9 Å². The number of furan rings is 1. The first-order valence-electron chi connectivity index (χ1n) is 21.1. The summed E-state index contributed by atoms with van der Waals surface area (Å²) in [5.74, 6) is -0.790. The maximum Gasteiger partial charge on any atom is 0.407 e. The van der Waals surface area contributed by atoms with Crippen LogP contribution in [0.2, 0.25) is 0 Å². The molecule has 1 aromatic carbocycles. The van der Waals surface area contributed by atoms with Crippen LogP contribution < -0.4 is 10.6 Å². The van der Waals surface area contributed by atoms with Gasteiger partial charge in [-0.2, -0.15) is 0 Å². The highest BCUT2D eigenvalue weighted by Gasteiger charge is 2.47. The van der Waals surface area contributed by atoms with Gasteiger partial charge in [-0.25, -0.2) is 14.0 Å². The van der Waals surface area contributed by atoms with Crippen molar-refractivity contribution in [2.24, 2.45) is 23.7 Å². The molecule has 4 aliphatic rings. The molecule has 0 radical (unpaired) electrons. The standard InChI is InChI=1S/C43H63FN4O9/c1-43(2,3)57-42(52)46-35(27-44)29-7-9-30(10-8-29)40(50)48-19-17-34(28-11-14-33(53-4)15-12-28)38(48)39(49)45-32-13-16-36-31(25-32)26-37(56-36)41(51)55-22-6-5-18-47-20-23-54-24-21-47/h13,16,25-26,28-30,33-35,38H,5-12,14-15,17-24,27H2,1-4H3,(H,45,49)(H,46,52)/t28?,29?,30?,33?,34-,35+,38+/m0/s1. The van der Waals surface area contributed by atoms with Gasteiger partial charge in [-0.05, 0) is 140 Å². The highest BCUT2D eigenvalue weighted by molar-refractivity contribution is 6.00. The summed E-state index contributed by atoms with van der Waals surface area (Å²) in [6.45, 7) is 9.70. The second-order valence-electron chi connectivity index (χ2n) is 17.4. The number of hydrogen-bond donors (Lipinski definition) is 2. The minimum absolute atomic E-state index is 0.00457. The fourth-order valence-corrected chi connectivity index (χ4v) is 9.33. The molecule has 3 atom stereocenters. The number of ether oxygens (including phenoxy) is 4. The van der Waals surface area contributed by atoms with Crippen LogP contribution >= 0.6 is 0 Å². The van der Waals surface area contributed by atoms with E-state index in [0.29, 0.717) is 55.5 Å². The summed E-state index contributed by atoms with van der Waals surface area (Å²) in [5, 5.41) is 6.47. The Balaban J connectivity index is 1.08. The molecule has 0 unspecified atom stereocenters. The SMILES string of the molecule is COC1CCC([C@@H]2CCN(C(=O)C3CCC([C@@H](CF)NC(=O)OC(C)(C)C)CC3)[C@H]2C(=O)Nc2ccc3oc(C(=O)OCCCCN4CCOCC4)cc3c2)CC1. The minimum Gasteiger partial charge on any atom is -0.460 e. The van der Waals surface area contributed by atoms with Gasteiger partial charge in [-0.3, -0.25) is 14.5 Å². The normalized spacial score (nSPS) is 26.5. The molecule has 2 saturated carbocycles. The van der Waals surface area contributed by atoms with Crippen LogP contribution in [-0.4, -0.2) is 117 Å². The van der Waals surface area contributed by atoms with E-state index in [9.17, 15) is 23.6 Å². The van der Waals surface area contributed by atoms with E-state index < -0.39 is 36.4 Å². The van der Waals surface area contributed by atoms with Crippen LogP contribution in [0.25, 0.3) is 11.0 Å². The molecule has 4 fully saturated rings. The monoisotopic (exact) mass is 798 g/mol. The van der Waals surface area contributed by atoms with E-state index >= 15 is 0 Å². The maximum absolute atomic E-state index is 14.4. The number of carbonyl (C=O) groups is 4. The molecule has 2 aromatic rings. The number of benzene rings is 1. The van der Waals surface area contributed by atoms with Crippen molar-refractivity contribution in [1.29, 1.82) is 0 Å². The zero-order valence-corrected chi connectivity index (χ0v) is 34.2. The number of methoxy groups -OCH3 is 1. The van der Waals surface area contributed by atoms with E-state index in [1.807, 2.05) is 0 Å². The number of nitrogens with zero attached hydrogens (tertiary/aromatic N) is 2. The van der Waals surface area contributed by atoms with E-state index in [1.54, 1.807) is 57.0 Å². The summed E-state index contributed by atoms with van der Waals surface area (Å²) >= 11 is 0. The summed E-state index contributed by atoms with van der Waals surface area (Å²) in [7, 11) is 1.74. The van der Waals surface area contributed by atoms with Crippen LogP contribution in [0.15, 0.2) is 28.7 Å². The van der Waals surface area contributed by atoms with Gasteiger partial charge in [0.15, 0.2) is 0 Å². The molecule has 57 heavy (non-hydrogen) atoms. The van der Waals surface area contributed by atoms with E-state index in [2.05, 4.69) is 15.5 Å². The lowest BCUT2D eigenvalue weighted by molar-refractivity contribution is -0.142. The van der Waals surface area contributed by atoms with Gasteiger partial charge in [0.25, 0.3) is 0 Å². The molecule has 2 aliphatic heterocycles. The number of rotatable bonds is 14. The number of morpholine rings is 1. The quantitative estimate of drug-likeness (QED) is 0.156. The number of anilines is 1. The lowest BCUT2D eigenvalue weighted by Gasteiger charge is -2.38. The number of nitrogens with one attached hydrogen (secondary N) is 2. The zero-order chi connectivity index (χ0) is 40.5. The van der Waals surface area contributed by atoms with Crippen molar-refractivity contribution in [3.05, 3.63) is 30.0 Å². The Bertz CT molecular complexity index is 1660. The number of carbonyl (C=O) groups excluding carboxylic acids is 4. The Morgan fingerprint density at radius 2 is 1.67 bits per heavy atom. The van der Waals surface area contributed by atoms with Gasteiger partial charge in [-0.1, -0.05) is 0 Å². The van der Waals surface area contributed by atoms with E-state index in [-0.39, 0.29) is 47.4 Å². The average Bonchev–Trinajstić information content (AvgIpc) is 3.85. The van der Waals surface area contributed by atoms with Crippen molar-refractivity contribution in [2.45, 2.75) is 115 Å². The van der Waals surface area contributed by atoms with Crippen LogP contribution in [0.4, 0.5) is 14.9 Å². The number of halogens is 1. The number of amides is 3. The highest BCUT2D eigenvalue weighted by Crippen LogP contribution is 2.42. The molecule has 0 spiro atoms. The summed E-state index contributed by atoms with van der Waals surface area (Å²) in [6, 6.07) is 5.57. The number of likely N-dealkylation sites (tertiary alicyclic amines) is 1. The molecule has 6 rings (SSSR count). The molecule has 2 N–H and O–H groups in total. The van der Waals surface area contributed by atoms with Crippen LogP contribution in [0.1, 0.15) is 102 Å². The van der Waals surface area contributed by atoms with Gasteiger partial charge < -0.3 is 38.9 Å². The Kier molecular flexibility index (Phi) is 14.9. The second-order valence-corrected chi connectivity index (χ2v) is 17.4. The van der Waals surface area contributed by atoms with Gasteiger partial charge in [0.2, 0.25) is 17.6 Å². The van der Waals surface area contributed by atoms with Gasteiger partial charge in [0.05, 0.1) is 32.0 Å². The first-order valence-corrected chi connectivity index (χ1v) is 21.1. The third-order valence-corrected chi connectivity index (χ3v) is 12.4. The number of hydrogen-bond acceptors (Lipinski definition) is 10. The van der Waals surface area contributed by atoms with Crippen LogP contribution in [0.3, 0.4) is 0 Å². The predicted molar refractivity (Wildman–Crippen MR) is 213 cm³/mol. The van der Waals surface area contributed by atoms with E-state index in [0.717, 1.165) is 77.8 Å². The Morgan fingerprint density at radius 1 is 0.930 bits per heavy atom. The molecule has 0 bridgehead atoms. The van der Waals surface area contributed by atoms with Crippen LogP contribution in [-0.2, 0) is 28.5 Å². The fourth-order valence-electron chi connectivity index (χ4n) is 9.33. The molecule has 3 amide bonds. The van der Waals surface area contributed by atoms with Crippen LogP contribution in [0.5, 0.6) is 0 Å². The highest BCUT2D eigenvalue weighted by atomic mass is 19.1. The molecule has 316 valence electrons. The molecule has 1 aromatic heterocycles. The fraction of sp³-hybridized carbons (Fsp3) is 0.721. The number of alkyl carbamates (subject to hydrolysis) is 1. The predicted octanol–water partition coefficient (Wildman–Crippen LogP) is 6.73. The molecule has 13 nitrogen and oxygen atoms in total. The zero-order valence-electron chi connectivity index (χ0n) is 34.2. The summed E-state index contributed by atoms with van der Waals surface area (Å²) < 4.78 is 41.8. The average molecular weight is 799 g/mol. The van der Waals surface area contributed by atoms with E-state index in [4.69, 9.17) is 23.4 Å². The number of alkyl halides is 1. The Morgan fingerprint density at radius 3 is 2.35 bits per heavy atom. The molecular formula is C43H63FN4O9. The molecule has 2 aliphatic carbocycles. The first-order chi connectivity index (χ1) is 27.4.